The van der Waals surface area contributed by atoms with E-state index in [9.17, 15) is 31.5 Å². The second kappa shape index (κ2) is 9.78. The summed E-state index contributed by atoms with van der Waals surface area (Å²) in [6, 6.07) is 2.04. The van der Waals surface area contributed by atoms with E-state index in [4.69, 9.17) is 5.73 Å². The predicted molar refractivity (Wildman–Crippen MR) is 130 cm³/mol. The van der Waals surface area contributed by atoms with Crippen molar-refractivity contribution in [1.29, 1.82) is 0 Å². The molecule has 0 aliphatic rings. The molecule has 4 aromatic rings. The number of anilines is 1. The Kier molecular flexibility index (Phi) is 6.99. The van der Waals surface area contributed by atoms with E-state index in [2.05, 4.69) is 20.5 Å². The van der Waals surface area contributed by atoms with Crippen LogP contribution in [0.2, 0.25) is 0 Å². The van der Waals surface area contributed by atoms with E-state index in [0.29, 0.717) is 11.3 Å². The maximum absolute atomic E-state index is 13.7. The molecule has 0 fully saturated rings. The Morgan fingerprint density at radius 1 is 1.18 bits per heavy atom. The molecule has 0 saturated heterocycles. The Morgan fingerprint density at radius 3 is 2.39 bits per heavy atom. The van der Waals surface area contributed by atoms with E-state index in [1.807, 2.05) is 0 Å². The van der Waals surface area contributed by atoms with Crippen LogP contribution in [0.25, 0.3) is 21.3 Å². The van der Waals surface area contributed by atoms with Crippen molar-refractivity contribution in [1.82, 2.24) is 24.5 Å². The van der Waals surface area contributed by atoms with Gasteiger partial charge in [-0.1, -0.05) is 6.92 Å². The molecule has 3 N–H and O–H groups in total. The van der Waals surface area contributed by atoms with Crippen LogP contribution in [-0.4, -0.2) is 36.4 Å². The number of nitrogens with zero attached hydrogens (tertiary/aromatic N) is 5. The summed E-state index contributed by atoms with van der Waals surface area (Å²) < 4.78 is 69.0. The fourth-order valence-corrected chi connectivity index (χ4v) is 4.93. The molecular formula is C23H22F5N7O2S. The minimum Gasteiger partial charge on any atom is -0.365 e. The van der Waals surface area contributed by atoms with Gasteiger partial charge in [0, 0.05) is 29.4 Å². The molecule has 0 bridgehead atoms. The van der Waals surface area contributed by atoms with Gasteiger partial charge in [-0.15, -0.1) is 11.3 Å². The highest BCUT2D eigenvalue weighted by molar-refractivity contribution is 7.21. The number of alkyl halides is 5. The van der Waals surface area contributed by atoms with Gasteiger partial charge in [0.05, 0.1) is 24.3 Å². The molecule has 2 amide bonds. The summed E-state index contributed by atoms with van der Waals surface area (Å²) in [7, 11) is 1.67. The first kappa shape index (κ1) is 27.2. The van der Waals surface area contributed by atoms with Gasteiger partial charge in [-0.2, -0.15) is 23.4 Å². The largest absolute Gasteiger partial charge is 0.435 e. The molecule has 0 radical (unpaired) electrons. The summed E-state index contributed by atoms with van der Waals surface area (Å²) in [5, 5.41) is 10.5. The molecule has 38 heavy (non-hydrogen) atoms. The van der Waals surface area contributed by atoms with Crippen LogP contribution in [0.1, 0.15) is 45.8 Å². The summed E-state index contributed by atoms with van der Waals surface area (Å²) in [5.74, 6) is -2.47. The molecule has 0 spiro atoms. The highest BCUT2D eigenvalue weighted by Gasteiger charge is 2.35. The molecular weight excluding hydrogens is 533 g/mol. The van der Waals surface area contributed by atoms with Crippen LogP contribution in [0.15, 0.2) is 18.3 Å². The van der Waals surface area contributed by atoms with E-state index in [0.717, 1.165) is 22.1 Å². The number of primary amides is 1. The fraction of sp³-hybridized carbons (Fsp3) is 0.348. The van der Waals surface area contributed by atoms with Crippen LogP contribution in [0.4, 0.5) is 27.6 Å². The lowest BCUT2D eigenvalue weighted by molar-refractivity contribution is -0.141. The molecule has 4 heterocycles. The van der Waals surface area contributed by atoms with E-state index in [1.165, 1.54) is 30.8 Å². The number of nitrogens with one attached hydrogen (secondary N) is 1. The van der Waals surface area contributed by atoms with Gasteiger partial charge in [-0.3, -0.25) is 19.0 Å². The van der Waals surface area contributed by atoms with Gasteiger partial charge < -0.3 is 11.1 Å². The van der Waals surface area contributed by atoms with Crippen molar-refractivity contribution < 1.29 is 31.5 Å². The number of carbonyl (C=O) groups is 2. The Morgan fingerprint density at radius 2 is 1.87 bits per heavy atom. The van der Waals surface area contributed by atoms with Gasteiger partial charge in [0.2, 0.25) is 5.91 Å². The number of hydrogen-bond donors (Lipinski definition) is 2. The average molecular weight is 556 g/mol. The highest BCUT2D eigenvalue weighted by atomic mass is 32.1. The number of halogens is 5. The minimum atomic E-state index is -4.64. The molecule has 0 aromatic carbocycles. The van der Waals surface area contributed by atoms with Gasteiger partial charge in [-0.05, 0) is 31.5 Å². The molecule has 1 unspecified atom stereocenters. The lowest BCUT2D eigenvalue weighted by atomic mass is 10.0. The zero-order chi connectivity index (χ0) is 28.1. The Bertz CT molecular complexity index is 1550. The van der Waals surface area contributed by atoms with Crippen LogP contribution in [0, 0.1) is 19.8 Å². The van der Waals surface area contributed by atoms with Crippen LogP contribution >= 0.6 is 11.3 Å². The van der Waals surface area contributed by atoms with Crippen molar-refractivity contribution in [3.05, 3.63) is 46.0 Å². The summed E-state index contributed by atoms with van der Waals surface area (Å²) >= 11 is 0.748. The number of pyridine rings is 1. The maximum atomic E-state index is 13.7. The van der Waals surface area contributed by atoms with E-state index in [-0.39, 0.29) is 38.6 Å². The quantitative estimate of drug-likeness (QED) is 0.316. The highest BCUT2D eigenvalue weighted by Crippen LogP contribution is 2.43. The van der Waals surface area contributed by atoms with Gasteiger partial charge in [0.25, 0.3) is 12.3 Å². The number of amides is 2. The van der Waals surface area contributed by atoms with E-state index in [1.54, 1.807) is 14.0 Å². The van der Waals surface area contributed by atoms with Crippen LogP contribution in [0.5, 0.6) is 0 Å². The third-order valence-electron chi connectivity index (χ3n) is 6.07. The average Bonchev–Trinajstić information content (AvgIpc) is 3.49. The lowest BCUT2D eigenvalue weighted by Gasteiger charge is -2.15. The number of fused-ring (bicyclic) bond motifs is 1. The molecule has 0 aliphatic carbocycles. The fourth-order valence-electron chi connectivity index (χ4n) is 3.92. The number of hydrogen-bond acceptors (Lipinski definition) is 6. The molecule has 4 rings (SSSR count). The van der Waals surface area contributed by atoms with Crippen molar-refractivity contribution in [2.45, 2.75) is 39.9 Å². The molecule has 1 atom stereocenters. The normalized spacial score (nSPS) is 12.9. The third-order valence-corrected chi connectivity index (χ3v) is 7.17. The molecule has 202 valence electrons. The topological polar surface area (TPSA) is 121 Å². The molecule has 0 aliphatic heterocycles. The van der Waals surface area contributed by atoms with Gasteiger partial charge in [0.15, 0.2) is 5.69 Å². The number of thiophene rings is 1. The summed E-state index contributed by atoms with van der Waals surface area (Å²) in [6.07, 6.45) is -6.09. The Labute approximate surface area is 216 Å². The first-order valence-electron chi connectivity index (χ1n) is 11.2. The number of aromatic nitrogens is 5. The summed E-state index contributed by atoms with van der Waals surface area (Å²) in [5.41, 5.74) is 5.48. The third kappa shape index (κ3) is 4.97. The SMILES string of the molecule is Cc1c(-c2cc(C(F)F)nc3sc(C(N)=O)c(NC(=O)C(C)Cn4nc(C(F)(F)F)cc4C)c23)cnn1C. The van der Waals surface area contributed by atoms with Crippen LogP contribution in [-0.2, 0) is 24.6 Å². The van der Waals surface area contributed by atoms with Crippen molar-refractivity contribution in [3.63, 3.8) is 0 Å². The smallest absolute Gasteiger partial charge is 0.365 e. The first-order chi connectivity index (χ1) is 17.7. The predicted octanol–water partition coefficient (Wildman–Crippen LogP) is 4.84. The first-order valence-corrected chi connectivity index (χ1v) is 12.0. The lowest BCUT2D eigenvalue weighted by Crippen LogP contribution is -2.26. The standard InChI is InChI=1S/C23H22F5N7O2S/c1-9(8-35-10(2)5-15(33-35)23(26,27)28)21(37)32-17-16-12(13-7-30-34(4)11(13)3)6-14(19(24)25)31-22(16)38-18(17)20(29)36/h5-7,9,19H,8H2,1-4H3,(H2,29,36)(H,32,37). The number of nitrogens with two attached hydrogens (primary N) is 1. The second-order valence-electron chi connectivity index (χ2n) is 8.75. The van der Waals surface area contributed by atoms with Gasteiger partial charge in [-0.25, -0.2) is 13.8 Å². The van der Waals surface area contributed by atoms with E-state index >= 15 is 0 Å². The van der Waals surface area contributed by atoms with Crippen molar-refractivity contribution in [3.8, 4) is 11.1 Å². The Hall–Kier alpha value is -3.88. The van der Waals surface area contributed by atoms with Gasteiger partial charge >= 0.3 is 6.18 Å². The zero-order valence-corrected chi connectivity index (χ0v) is 21.3. The number of aryl methyl sites for hydroxylation is 2. The minimum absolute atomic E-state index is 0.0194. The molecule has 4 aromatic heterocycles. The zero-order valence-electron chi connectivity index (χ0n) is 20.5. The van der Waals surface area contributed by atoms with Crippen molar-refractivity contribution in [2.24, 2.45) is 18.7 Å². The van der Waals surface area contributed by atoms with Crippen LogP contribution < -0.4 is 11.1 Å². The van der Waals surface area contributed by atoms with Gasteiger partial charge in [0.1, 0.15) is 15.4 Å². The summed E-state index contributed by atoms with van der Waals surface area (Å²) in [4.78, 5) is 29.4. The molecule has 9 nitrogen and oxygen atoms in total. The van der Waals surface area contributed by atoms with Crippen molar-refractivity contribution >= 4 is 39.1 Å². The summed E-state index contributed by atoms with van der Waals surface area (Å²) in [6.45, 7) is 4.44. The number of rotatable bonds is 7. The monoisotopic (exact) mass is 555 g/mol. The molecule has 15 heteroatoms. The maximum Gasteiger partial charge on any atom is 0.435 e. The van der Waals surface area contributed by atoms with Crippen molar-refractivity contribution in [2.75, 3.05) is 5.32 Å². The van der Waals surface area contributed by atoms with E-state index < -0.39 is 41.7 Å². The Balaban J connectivity index is 1.78. The molecule has 0 saturated carbocycles. The number of carbonyl (C=O) groups excluding carboxylic acids is 2. The second-order valence-corrected chi connectivity index (χ2v) is 9.75. The van der Waals surface area contributed by atoms with Crippen LogP contribution in [0.3, 0.4) is 0 Å².